The number of ether oxygens (including phenoxy) is 1. The van der Waals surface area contributed by atoms with Crippen molar-refractivity contribution in [1.29, 1.82) is 0 Å². The maximum absolute atomic E-state index is 8.88. The van der Waals surface area contributed by atoms with Crippen LogP contribution < -0.4 is 0 Å². The molecule has 0 saturated heterocycles. The SMILES string of the molecule is C=C.C=CCOCC=C.O=P(O)(O)O. The van der Waals surface area contributed by atoms with Gasteiger partial charge < -0.3 is 19.4 Å². The van der Waals surface area contributed by atoms with E-state index < -0.39 is 7.82 Å². The molecule has 0 aliphatic heterocycles. The Kier molecular flexibility index (Phi) is 20.0. The lowest BCUT2D eigenvalue weighted by atomic mass is 10.6. The van der Waals surface area contributed by atoms with Crippen LogP contribution in [0.2, 0.25) is 0 Å². The zero-order valence-corrected chi connectivity index (χ0v) is 8.90. The van der Waals surface area contributed by atoms with Crippen LogP contribution in [0.1, 0.15) is 0 Å². The Balaban J connectivity index is -0.000000152. The van der Waals surface area contributed by atoms with Crippen molar-refractivity contribution in [2.24, 2.45) is 0 Å². The van der Waals surface area contributed by atoms with Gasteiger partial charge in [-0.1, -0.05) is 12.2 Å². The summed E-state index contributed by atoms with van der Waals surface area (Å²) >= 11 is 0. The van der Waals surface area contributed by atoms with Crippen LogP contribution in [-0.4, -0.2) is 27.9 Å². The summed E-state index contributed by atoms with van der Waals surface area (Å²) < 4.78 is 13.8. The molecule has 0 fully saturated rings. The van der Waals surface area contributed by atoms with Crippen molar-refractivity contribution in [1.82, 2.24) is 0 Å². The smallest absolute Gasteiger partial charge is 0.373 e. The molecule has 3 N–H and O–H groups in total. The van der Waals surface area contributed by atoms with E-state index in [0.717, 1.165) is 0 Å². The lowest BCUT2D eigenvalue weighted by molar-refractivity contribution is 0.194. The Labute approximate surface area is 84.3 Å². The van der Waals surface area contributed by atoms with Gasteiger partial charge in [0.15, 0.2) is 0 Å². The van der Waals surface area contributed by atoms with Gasteiger partial charge in [-0.05, 0) is 0 Å². The van der Waals surface area contributed by atoms with E-state index in [0.29, 0.717) is 13.2 Å². The summed E-state index contributed by atoms with van der Waals surface area (Å²) in [4.78, 5) is 21.6. The quantitative estimate of drug-likeness (QED) is 0.380. The zero-order valence-electron chi connectivity index (χ0n) is 8.00. The lowest BCUT2D eigenvalue weighted by Crippen LogP contribution is -1.87. The third kappa shape index (κ3) is 110. The van der Waals surface area contributed by atoms with E-state index in [4.69, 9.17) is 24.0 Å². The lowest BCUT2D eigenvalue weighted by Gasteiger charge is -1.89. The van der Waals surface area contributed by atoms with E-state index in [1.165, 1.54) is 0 Å². The minimum atomic E-state index is -4.64. The van der Waals surface area contributed by atoms with Crippen LogP contribution in [0.3, 0.4) is 0 Å². The molecule has 0 saturated carbocycles. The van der Waals surface area contributed by atoms with E-state index in [-0.39, 0.29) is 0 Å². The average Bonchev–Trinajstić information content (AvgIpc) is 2.06. The molecule has 0 aromatic rings. The van der Waals surface area contributed by atoms with Crippen molar-refractivity contribution in [2.75, 3.05) is 13.2 Å². The fourth-order valence-corrected chi connectivity index (χ4v) is 0.235. The molecule has 0 amide bonds. The topological polar surface area (TPSA) is 87.0 Å². The van der Waals surface area contributed by atoms with E-state index >= 15 is 0 Å². The summed E-state index contributed by atoms with van der Waals surface area (Å²) in [6.45, 7) is 14.2. The third-order valence-corrected chi connectivity index (χ3v) is 0.471. The molecule has 6 heteroatoms. The molecule has 0 rings (SSSR count). The molecule has 5 nitrogen and oxygen atoms in total. The van der Waals surface area contributed by atoms with Gasteiger partial charge in [-0.15, -0.1) is 26.3 Å². The molecule has 0 aromatic carbocycles. The van der Waals surface area contributed by atoms with Crippen LogP contribution >= 0.6 is 7.82 Å². The second-order valence-corrected chi connectivity index (χ2v) is 2.65. The fraction of sp³-hybridized carbons (Fsp3) is 0.250. The van der Waals surface area contributed by atoms with Crippen molar-refractivity contribution >= 4 is 7.82 Å². The molecule has 0 radical (unpaired) electrons. The van der Waals surface area contributed by atoms with Crippen molar-refractivity contribution < 1.29 is 24.0 Å². The van der Waals surface area contributed by atoms with E-state index in [1.807, 2.05) is 0 Å². The molecule has 0 aliphatic carbocycles. The van der Waals surface area contributed by atoms with Crippen LogP contribution in [0, 0.1) is 0 Å². The molecule has 14 heavy (non-hydrogen) atoms. The number of rotatable bonds is 4. The molecule has 0 atom stereocenters. The Morgan fingerprint density at radius 2 is 1.29 bits per heavy atom. The molecule has 0 bridgehead atoms. The first-order valence-corrected chi connectivity index (χ1v) is 5.06. The minimum absolute atomic E-state index is 0.617. The highest BCUT2D eigenvalue weighted by atomic mass is 31.2. The van der Waals surface area contributed by atoms with Gasteiger partial charge in [0.2, 0.25) is 0 Å². The molecule has 84 valence electrons. The van der Waals surface area contributed by atoms with Crippen molar-refractivity contribution in [3.63, 3.8) is 0 Å². The molecule has 0 unspecified atom stereocenters. The van der Waals surface area contributed by atoms with Crippen LogP contribution in [-0.2, 0) is 9.30 Å². The van der Waals surface area contributed by atoms with Crippen LogP contribution in [0.15, 0.2) is 38.5 Å². The van der Waals surface area contributed by atoms with E-state index in [9.17, 15) is 0 Å². The normalized spacial score (nSPS) is 8.50. The first-order valence-electron chi connectivity index (χ1n) is 3.49. The average molecular weight is 224 g/mol. The summed E-state index contributed by atoms with van der Waals surface area (Å²) in [6, 6.07) is 0. The van der Waals surface area contributed by atoms with Crippen LogP contribution in [0.4, 0.5) is 0 Å². The van der Waals surface area contributed by atoms with Crippen molar-refractivity contribution in [3.05, 3.63) is 38.5 Å². The largest absolute Gasteiger partial charge is 0.466 e. The summed E-state index contributed by atoms with van der Waals surface area (Å²) in [5.41, 5.74) is 0. The zero-order chi connectivity index (χ0) is 12.0. The predicted octanol–water partition coefficient (Wildman–Crippen LogP) is 1.25. The third-order valence-electron chi connectivity index (χ3n) is 0.471. The Hall–Kier alpha value is -0.710. The standard InChI is InChI=1S/C6H10O.C2H4.H3O4P/c1-3-5-7-6-4-2;1-2;1-5(2,3)4/h3-4H,1-2,5-6H2;1-2H2;(H3,1,2,3,4). The van der Waals surface area contributed by atoms with Crippen molar-refractivity contribution in [3.8, 4) is 0 Å². The fourth-order valence-electron chi connectivity index (χ4n) is 0.235. The predicted molar refractivity (Wildman–Crippen MR) is 56.7 cm³/mol. The molecule has 0 spiro atoms. The molecular formula is C8H17O5P. The second-order valence-electron chi connectivity index (χ2n) is 1.63. The van der Waals surface area contributed by atoms with Gasteiger partial charge in [0.1, 0.15) is 0 Å². The Morgan fingerprint density at radius 1 is 1.07 bits per heavy atom. The summed E-state index contributed by atoms with van der Waals surface area (Å²) in [5, 5.41) is 0. The van der Waals surface area contributed by atoms with Gasteiger partial charge in [0, 0.05) is 0 Å². The highest BCUT2D eigenvalue weighted by molar-refractivity contribution is 7.45. The maximum atomic E-state index is 8.88. The van der Waals surface area contributed by atoms with Gasteiger partial charge in [-0.3, -0.25) is 0 Å². The maximum Gasteiger partial charge on any atom is 0.466 e. The Morgan fingerprint density at radius 3 is 1.43 bits per heavy atom. The van der Waals surface area contributed by atoms with Gasteiger partial charge in [-0.25, -0.2) is 4.57 Å². The first-order chi connectivity index (χ1) is 6.41. The van der Waals surface area contributed by atoms with Gasteiger partial charge in [0.25, 0.3) is 0 Å². The monoisotopic (exact) mass is 224 g/mol. The van der Waals surface area contributed by atoms with Crippen molar-refractivity contribution in [2.45, 2.75) is 0 Å². The Bertz CT molecular complexity index is 158. The molecular weight excluding hydrogens is 207 g/mol. The molecule has 0 heterocycles. The highest BCUT2D eigenvalue weighted by Crippen LogP contribution is 2.25. The highest BCUT2D eigenvalue weighted by Gasteiger charge is 2.00. The van der Waals surface area contributed by atoms with Crippen LogP contribution in [0.5, 0.6) is 0 Å². The van der Waals surface area contributed by atoms with Crippen LogP contribution in [0.25, 0.3) is 0 Å². The summed E-state index contributed by atoms with van der Waals surface area (Å²) in [7, 11) is -4.64. The summed E-state index contributed by atoms with van der Waals surface area (Å²) in [6.07, 6.45) is 3.42. The minimum Gasteiger partial charge on any atom is -0.373 e. The van der Waals surface area contributed by atoms with Gasteiger partial charge >= 0.3 is 7.82 Å². The number of hydrogen-bond acceptors (Lipinski definition) is 2. The number of hydrogen-bond donors (Lipinski definition) is 3. The van der Waals surface area contributed by atoms with E-state index in [2.05, 4.69) is 26.3 Å². The number of phosphoric acid groups is 1. The molecule has 0 aliphatic rings. The second kappa shape index (κ2) is 14.8. The van der Waals surface area contributed by atoms with E-state index in [1.54, 1.807) is 12.2 Å². The molecule has 0 aromatic heterocycles. The van der Waals surface area contributed by atoms with Gasteiger partial charge in [-0.2, -0.15) is 0 Å². The van der Waals surface area contributed by atoms with Gasteiger partial charge in [0.05, 0.1) is 13.2 Å². The first kappa shape index (κ1) is 19.0. The summed E-state index contributed by atoms with van der Waals surface area (Å²) in [5.74, 6) is 0.